The van der Waals surface area contributed by atoms with Crippen LogP contribution in [0.15, 0.2) is 51.5 Å². The van der Waals surface area contributed by atoms with E-state index in [-0.39, 0.29) is 11.9 Å². The van der Waals surface area contributed by atoms with E-state index in [9.17, 15) is 4.79 Å². The summed E-state index contributed by atoms with van der Waals surface area (Å²) in [6.45, 7) is 4.00. The number of thiophene rings is 1. The molecule has 1 aliphatic rings. The van der Waals surface area contributed by atoms with Crippen LogP contribution in [0.25, 0.3) is 0 Å². The van der Waals surface area contributed by atoms with Crippen molar-refractivity contribution in [2.45, 2.75) is 19.9 Å². The first-order chi connectivity index (χ1) is 12.3. The molecule has 26 heavy (non-hydrogen) atoms. The van der Waals surface area contributed by atoms with Gasteiger partial charge < -0.3 is 10.2 Å². The van der Waals surface area contributed by atoms with Crippen LogP contribution in [0.1, 0.15) is 23.4 Å². The fourth-order valence-electron chi connectivity index (χ4n) is 3.04. The highest BCUT2D eigenvalue weighted by Crippen LogP contribution is 2.38. The van der Waals surface area contributed by atoms with Crippen molar-refractivity contribution in [3.8, 4) is 0 Å². The highest BCUT2D eigenvalue weighted by molar-refractivity contribution is 9.11. The fraction of sp³-hybridized carbons (Fsp3) is 0.263. The number of halogens is 1. The van der Waals surface area contributed by atoms with Crippen LogP contribution >= 0.6 is 39.5 Å². The van der Waals surface area contributed by atoms with Crippen molar-refractivity contribution in [2.24, 2.45) is 0 Å². The van der Waals surface area contributed by atoms with Crippen molar-refractivity contribution < 1.29 is 4.79 Å². The molecule has 7 heteroatoms. The summed E-state index contributed by atoms with van der Waals surface area (Å²) in [6, 6.07) is 11.9. The molecule has 1 aliphatic heterocycles. The van der Waals surface area contributed by atoms with Crippen LogP contribution in [0.5, 0.6) is 0 Å². The second kappa shape index (κ2) is 7.50. The Balaban J connectivity index is 2.16. The number of anilines is 1. The monoisotopic (exact) mass is 449 g/mol. The minimum absolute atomic E-state index is 0.0234. The summed E-state index contributed by atoms with van der Waals surface area (Å²) < 4.78 is 1.02. The van der Waals surface area contributed by atoms with E-state index in [0.717, 1.165) is 25.6 Å². The maximum Gasteiger partial charge on any atom is 0.253 e. The van der Waals surface area contributed by atoms with Crippen LogP contribution in [0.4, 0.5) is 5.69 Å². The maximum atomic E-state index is 13.0. The summed E-state index contributed by atoms with van der Waals surface area (Å²) in [6.07, 6.45) is 0. The number of thiocarbonyl (C=S) groups is 1. The van der Waals surface area contributed by atoms with Gasteiger partial charge in [-0.25, -0.2) is 0 Å². The molecule has 4 nitrogen and oxygen atoms in total. The van der Waals surface area contributed by atoms with E-state index < -0.39 is 0 Å². The Morgan fingerprint density at radius 3 is 2.58 bits per heavy atom. The third-order valence-electron chi connectivity index (χ3n) is 4.26. The van der Waals surface area contributed by atoms with Gasteiger partial charge in [-0.1, -0.05) is 12.1 Å². The summed E-state index contributed by atoms with van der Waals surface area (Å²) in [5.41, 5.74) is 3.66. The first kappa shape index (κ1) is 19.1. The first-order valence-corrected chi connectivity index (χ1v) is 10.2. The molecule has 3 rings (SSSR count). The zero-order valence-electron chi connectivity index (χ0n) is 15.0. The van der Waals surface area contributed by atoms with Gasteiger partial charge in [0.25, 0.3) is 5.91 Å². The van der Waals surface area contributed by atoms with E-state index in [2.05, 4.69) is 27.3 Å². The van der Waals surface area contributed by atoms with Crippen molar-refractivity contribution in [1.82, 2.24) is 10.2 Å². The van der Waals surface area contributed by atoms with Crippen molar-refractivity contribution in [1.29, 1.82) is 0 Å². The number of allylic oxidation sites excluding steroid dienone is 1. The Bertz CT molecular complexity index is 904. The molecule has 0 bridgehead atoms. The van der Waals surface area contributed by atoms with Gasteiger partial charge in [0.2, 0.25) is 0 Å². The van der Waals surface area contributed by atoms with Gasteiger partial charge in [0, 0.05) is 30.4 Å². The number of nitrogens with one attached hydrogen (secondary N) is 1. The Labute approximate surface area is 171 Å². The molecule has 1 unspecified atom stereocenters. The zero-order chi connectivity index (χ0) is 19.0. The molecule has 0 radical (unpaired) electrons. The van der Waals surface area contributed by atoms with Gasteiger partial charge in [0.15, 0.2) is 5.11 Å². The van der Waals surface area contributed by atoms with E-state index in [1.807, 2.05) is 49.1 Å². The molecule has 1 aromatic carbocycles. The van der Waals surface area contributed by atoms with Crippen molar-refractivity contribution in [3.63, 3.8) is 0 Å². The maximum absolute atomic E-state index is 13.0. The summed E-state index contributed by atoms with van der Waals surface area (Å²) in [5, 5.41) is 3.97. The Kier molecular flexibility index (Phi) is 5.50. The molecule has 1 aromatic heterocycles. The van der Waals surface area contributed by atoms with Crippen LogP contribution in [-0.2, 0) is 4.79 Å². The number of hydrogen-bond donors (Lipinski definition) is 1. The lowest BCUT2D eigenvalue weighted by Crippen LogP contribution is -2.49. The van der Waals surface area contributed by atoms with E-state index in [1.54, 1.807) is 30.3 Å². The Hall–Kier alpha value is -1.70. The molecule has 136 valence electrons. The first-order valence-electron chi connectivity index (χ1n) is 8.14. The number of benzene rings is 1. The molecule has 0 fully saturated rings. The second-order valence-corrected chi connectivity index (χ2v) is 9.28. The molecular formula is C19H20BrN3OS2. The average molecular weight is 450 g/mol. The minimum atomic E-state index is -0.255. The molecule has 2 heterocycles. The lowest BCUT2D eigenvalue weighted by molar-refractivity contribution is -0.125. The molecule has 1 N–H and O–H groups in total. The van der Waals surface area contributed by atoms with E-state index >= 15 is 0 Å². The number of aryl methyl sites for hydroxylation is 1. The normalized spacial score (nSPS) is 17.3. The van der Waals surface area contributed by atoms with Gasteiger partial charge in [-0.15, -0.1) is 11.3 Å². The van der Waals surface area contributed by atoms with Gasteiger partial charge in [0.1, 0.15) is 0 Å². The van der Waals surface area contributed by atoms with Crippen molar-refractivity contribution in [2.75, 3.05) is 19.0 Å². The summed E-state index contributed by atoms with van der Waals surface area (Å²) in [5.74, 6) is -0.0234. The largest absolute Gasteiger partial charge is 0.350 e. The molecular weight excluding hydrogens is 430 g/mol. The molecule has 1 atom stereocenters. The average Bonchev–Trinajstić information content (AvgIpc) is 3.00. The van der Waals surface area contributed by atoms with Gasteiger partial charge in [-0.05, 0) is 71.8 Å². The van der Waals surface area contributed by atoms with Crippen LogP contribution in [0.2, 0.25) is 0 Å². The van der Waals surface area contributed by atoms with Crippen LogP contribution in [0, 0.1) is 6.92 Å². The molecule has 2 aromatic rings. The molecule has 0 aliphatic carbocycles. The smallest absolute Gasteiger partial charge is 0.253 e. The van der Waals surface area contributed by atoms with Gasteiger partial charge in [-0.2, -0.15) is 0 Å². The SMILES string of the molecule is CC1=C(C(=O)N(C)C)C(c2ccc(Br)s2)NC(=S)N1c1cccc(C)c1. The predicted molar refractivity (Wildman–Crippen MR) is 116 cm³/mol. The van der Waals surface area contributed by atoms with Gasteiger partial charge in [0.05, 0.1) is 15.4 Å². The second-order valence-electron chi connectivity index (χ2n) is 6.40. The Morgan fingerprint density at radius 1 is 1.27 bits per heavy atom. The van der Waals surface area contributed by atoms with Crippen molar-refractivity contribution in [3.05, 3.63) is 61.9 Å². The van der Waals surface area contributed by atoms with Crippen LogP contribution in [0.3, 0.4) is 0 Å². The third-order valence-corrected chi connectivity index (χ3v) is 6.25. The number of nitrogens with zero attached hydrogens (tertiary/aromatic N) is 2. The van der Waals surface area contributed by atoms with Gasteiger partial charge >= 0.3 is 0 Å². The number of carbonyl (C=O) groups is 1. The number of rotatable bonds is 3. The number of amides is 1. The zero-order valence-corrected chi connectivity index (χ0v) is 18.3. The highest BCUT2D eigenvalue weighted by atomic mass is 79.9. The number of likely N-dealkylation sites (N-methyl/N-ethyl adjacent to an activating group) is 1. The van der Waals surface area contributed by atoms with E-state index in [4.69, 9.17) is 12.2 Å². The quantitative estimate of drug-likeness (QED) is 0.693. The lowest BCUT2D eigenvalue weighted by atomic mass is 9.99. The molecule has 0 saturated heterocycles. The predicted octanol–water partition coefficient (Wildman–Crippen LogP) is 4.62. The lowest BCUT2D eigenvalue weighted by Gasteiger charge is -2.38. The molecule has 0 spiro atoms. The van der Waals surface area contributed by atoms with Crippen LogP contribution < -0.4 is 10.2 Å². The summed E-state index contributed by atoms with van der Waals surface area (Å²) in [4.78, 5) is 17.6. The fourth-order valence-corrected chi connectivity index (χ4v) is 4.88. The molecule has 0 saturated carbocycles. The standard InChI is InChI=1S/C19H20BrN3OS2/c1-11-6-5-7-13(10-11)23-12(2)16(18(24)22(3)4)17(21-19(23)25)14-8-9-15(20)26-14/h5-10,17H,1-4H3,(H,21,25). The summed E-state index contributed by atoms with van der Waals surface area (Å²) >= 11 is 10.8. The molecule has 1 amide bonds. The van der Waals surface area contributed by atoms with Crippen LogP contribution in [-0.4, -0.2) is 30.0 Å². The highest BCUT2D eigenvalue weighted by Gasteiger charge is 2.35. The summed E-state index contributed by atoms with van der Waals surface area (Å²) in [7, 11) is 3.54. The minimum Gasteiger partial charge on any atom is -0.350 e. The van der Waals surface area contributed by atoms with E-state index in [1.165, 1.54) is 0 Å². The number of carbonyl (C=O) groups excluding carboxylic acids is 1. The van der Waals surface area contributed by atoms with Gasteiger partial charge in [-0.3, -0.25) is 9.69 Å². The van der Waals surface area contributed by atoms with E-state index in [0.29, 0.717) is 10.7 Å². The Morgan fingerprint density at radius 2 is 2.00 bits per heavy atom. The number of hydrogen-bond acceptors (Lipinski definition) is 3. The third kappa shape index (κ3) is 3.56. The van der Waals surface area contributed by atoms with Crippen molar-refractivity contribution >= 4 is 56.2 Å². The topological polar surface area (TPSA) is 35.6 Å².